The summed E-state index contributed by atoms with van der Waals surface area (Å²) in [5.74, 6) is -1.74. The molecule has 1 aliphatic rings. The van der Waals surface area contributed by atoms with E-state index < -0.39 is 23.3 Å². The average Bonchev–Trinajstić information content (AvgIpc) is 3.07. The van der Waals surface area contributed by atoms with Gasteiger partial charge in [-0.05, 0) is 45.7 Å². The zero-order valence-corrected chi connectivity index (χ0v) is 18.5. The number of hydrogen-bond donors (Lipinski definition) is 0. The van der Waals surface area contributed by atoms with E-state index in [1.54, 1.807) is 30.1 Å². The van der Waals surface area contributed by atoms with Crippen molar-refractivity contribution in [1.82, 2.24) is 19.6 Å². The maximum Gasteiger partial charge on any atom is 0.410 e. The highest BCUT2D eigenvalue weighted by Gasteiger charge is 2.32. The van der Waals surface area contributed by atoms with Crippen LogP contribution in [-0.4, -0.2) is 63.4 Å². The van der Waals surface area contributed by atoms with Crippen molar-refractivity contribution in [2.24, 2.45) is 7.05 Å². The number of amides is 2. The number of rotatable bonds is 3. The fraction of sp³-hybridized carbons (Fsp3) is 0.500. The van der Waals surface area contributed by atoms with Crippen LogP contribution in [0.4, 0.5) is 13.6 Å². The van der Waals surface area contributed by atoms with Crippen molar-refractivity contribution in [3.8, 4) is 11.3 Å². The second-order valence-corrected chi connectivity index (χ2v) is 8.80. The lowest BCUT2D eigenvalue weighted by atomic mass is 10.0. The highest BCUT2D eigenvalue weighted by Crippen LogP contribution is 2.28. The molecule has 168 valence electrons. The quantitative estimate of drug-likeness (QED) is 0.736. The molecule has 2 heterocycles. The molecule has 0 spiro atoms. The van der Waals surface area contributed by atoms with Gasteiger partial charge in [0.1, 0.15) is 22.9 Å². The summed E-state index contributed by atoms with van der Waals surface area (Å²) in [6.45, 7) is 6.33. The average molecular weight is 434 g/mol. The standard InChI is InChI=1S/C22H28F2N4O3/c1-22(2,3)31-21(30)27(5)15-8-10-28(11-9-15)20(29)17-13-26(4)25-19(17)16-7-6-14(23)12-18(16)24/h6-7,12-13,15H,8-11H2,1-5H3. The minimum Gasteiger partial charge on any atom is -0.444 e. The third kappa shape index (κ3) is 5.21. The molecule has 1 aromatic carbocycles. The first-order valence-corrected chi connectivity index (χ1v) is 10.2. The Balaban J connectivity index is 1.71. The van der Waals surface area contributed by atoms with E-state index >= 15 is 0 Å². The summed E-state index contributed by atoms with van der Waals surface area (Å²) in [6.07, 6.45) is 2.35. The molecule has 2 aromatic rings. The van der Waals surface area contributed by atoms with E-state index in [-0.39, 0.29) is 28.8 Å². The molecule has 31 heavy (non-hydrogen) atoms. The van der Waals surface area contributed by atoms with Gasteiger partial charge >= 0.3 is 6.09 Å². The van der Waals surface area contributed by atoms with Crippen molar-refractivity contribution < 1.29 is 23.1 Å². The molecule has 3 rings (SSSR count). The van der Waals surface area contributed by atoms with Gasteiger partial charge in [-0.1, -0.05) is 0 Å². The molecule has 7 nitrogen and oxygen atoms in total. The predicted molar refractivity (Wildman–Crippen MR) is 111 cm³/mol. The van der Waals surface area contributed by atoms with Gasteiger partial charge in [-0.25, -0.2) is 13.6 Å². The van der Waals surface area contributed by atoms with Gasteiger partial charge in [0.25, 0.3) is 5.91 Å². The summed E-state index contributed by atoms with van der Waals surface area (Å²) < 4.78 is 34.4. The number of ether oxygens (including phenoxy) is 1. The number of aryl methyl sites for hydroxylation is 1. The van der Waals surface area contributed by atoms with Crippen LogP contribution in [0.25, 0.3) is 11.3 Å². The Kier molecular flexibility index (Phi) is 6.33. The lowest BCUT2D eigenvalue weighted by Crippen LogP contribution is -2.48. The summed E-state index contributed by atoms with van der Waals surface area (Å²) in [4.78, 5) is 28.7. The van der Waals surface area contributed by atoms with Crippen LogP contribution in [0.1, 0.15) is 44.0 Å². The van der Waals surface area contributed by atoms with Crippen molar-refractivity contribution in [2.45, 2.75) is 45.3 Å². The van der Waals surface area contributed by atoms with Crippen molar-refractivity contribution in [2.75, 3.05) is 20.1 Å². The van der Waals surface area contributed by atoms with Crippen LogP contribution in [0, 0.1) is 11.6 Å². The number of nitrogens with zero attached hydrogens (tertiary/aromatic N) is 4. The van der Waals surface area contributed by atoms with Gasteiger partial charge in [0, 0.05) is 51.1 Å². The van der Waals surface area contributed by atoms with Gasteiger partial charge in [0.05, 0.1) is 5.56 Å². The summed E-state index contributed by atoms with van der Waals surface area (Å²) in [5.41, 5.74) is -0.0659. The van der Waals surface area contributed by atoms with Crippen molar-refractivity contribution in [3.05, 3.63) is 41.6 Å². The fourth-order valence-electron chi connectivity index (χ4n) is 3.64. The van der Waals surface area contributed by atoms with E-state index in [0.29, 0.717) is 25.9 Å². The Morgan fingerprint density at radius 3 is 2.42 bits per heavy atom. The van der Waals surface area contributed by atoms with Crippen LogP contribution >= 0.6 is 0 Å². The number of benzene rings is 1. The Labute approximate surface area is 180 Å². The zero-order valence-electron chi connectivity index (χ0n) is 18.5. The molecule has 9 heteroatoms. The number of halogens is 2. The number of piperidine rings is 1. The third-order valence-electron chi connectivity index (χ3n) is 5.23. The lowest BCUT2D eigenvalue weighted by Gasteiger charge is -2.37. The van der Waals surface area contributed by atoms with Gasteiger partial charge in [0.15, 0.2) is 0 Å². The van der Waals surface area contributed by atoms with E-state index in [4.69, 9.17) is 4.74 Å². The molecule has 1 aliphatic heterocycles. The predicted octanol–water partition coefficient (Wildman–Crippen LogP) is 3.84. The van der Waals surface area contributed by atoms with E-state index in [9.17, 15) is 18.4 Å². The molecule has 1 fully saturated rings. The molecular formula is C22H28F2N4O3. The maximum atomic E-state index is 14.3. The first kappa shape index (κ1) is 22.7. The highest BCUT2D eigenvalue weighted by molar-refractivity contribution is 6.00. The maximum absolute atomic E-state index is 14.3. The van der Waals surface area contributed by atoms with E-state index in [1.807, 2.05) is 20.8 Å². The van der Waals surface area contributed by atoms with Crippen molar-refractivity contribution in [1.29, 1.82) is 0 Å². The molecular weight excluding hydrogens is 406 g/mol. The van der Waals surface area contributed by atoms with E-state index in [2.05, 4.69) is 5.10 Å². The van der Waals surface area contributed by atoms with Gasteiger partial charge in [-0.15, -0.1) is 0 Å². The van der Waals surface area contributed by atoms with Crippen LogP contribution in [-0.2, 0) is 11.8 Å². The minimum atomic E-state index is -0.773. The Bertz CT molecular complexity index is 976. The molecule has 0 aliphatic carbocycles. The van der Waals surface area contributed by atoms with Crippen LogP contribution in [0.5, 0.6) is 0 Å². The number of likely N-dealkylation sites (tertiary alicyclic amines) is 1. The topological polar surface area (TPSA) is 67.7 Å². The summed E-state index contributed by atoms with van der Waals surface area (Å²) >= 11 is 0. The van der Waals surface area contributed by atoms with Crippen LogP contribution in [0.15, 0.2) is 24.4 Å². The van der Waals surface area contributed by atoms with Crippen molar-refractivity contribution >= 4 is 12.0 Å². The number of carbonyl (C=O) groups excluding carboxylic acids is 2. The van der Waals surface area contributed by atoms with E-state index in [0.717, 1.165) is 12.1 Å². The lowest BCUT2D eigenvalue weighted by molar-refractivity contribution is 0.0156. The van der Waals surface area contributed by atoms with Crippen LogP contribution < -0.4 is 0 Å². The smallest absolute Gasteiger partial charge is 0.410 e. The zero-order chi connectivity index (χ0) is 22.9. The number of carbonyl (C=O) groups is 2. The van der Waals surface area contributed by atoms with Gasteiger partial charge in [-0.3, -0.25) is 9.48 Å². The summed E-state index contributed by atoms with van der Waals surface area (Å²) in [6, 6.07) is 3.16. The highest BCUT2D eigenvalue weighted by atomic mass is 19.1. The minimum absolute atomic E-state index is 0.0400. The molecule has 2 amide bonds. The molecule has 0 unspecified atom stereocenters. The monoisotopic (exact) mass is 434 g/mol. The van der Waals surface area contributed by atoms with Crippen molar-refractivity contribution in [3.63, 3.8) is 0 Å². The first-order chi connectivity index (χ1) is 14.5. The summed E-state index contributed by atoms with van der Waals surface area (Å²) in [7, 11) is 3.34. The molecule has 1 aromatic heterocycles. The Morgan fingerprint density at radius 2 is 1.84 bits per heavy atom. The Hall–Kier alpha value is -2.97. The van der Waals surface area contributed by atoms with Crippen LogP contribution in [0.3, 0.4) is 0 Å². The Morgan fingerprint density at radius 1 is 1.19 bits per heavy atom. The summed E-state index contributed by atoms with van der Waals surface area (Å²) in [5, 5.41) is 4.23. The third-order valence-corrected chi connectivity index (χ3v) is 5.23. The normalized spacial score (nSPS) is 15.1. The van der Waals surface area contributed by atoms with Gasteiger partial charge in [0.2, 0.25) is 0 Å². The number of aromatic nitrogens is 2. The largest absolute Gasteiger partial charge is 0.444 e. The SMILES string of the molecule is CN(C(=O)OC(C)(C)C)C1CCN(C(=O)c2cn(C)nc2-c2ccc(F)cc2F)CC1. The first-order valence-electron chi connectivity index (χ1n) is 10.2. The van der Waals surface area contributed by atoms with Gasteiger partial charge in [-0.2, -0.15) is 5.10 Å². The van der Waals surface area contributed by atoms with Crippen LogP contribution in [0.2, 0.25) is 0 Å². The molecule has 0 bridgehead atoms. The molecule has 0 N–H and O–H groups in total. The van der Waals surface area contributed by atoms with E-state index in [1.165, 1.54) is 10.7 Å². The molecule has 0 atom stereocenters. The second-order valence-electron chi connectivity index (χ2n) is 8.80. The second kappa shape index (κ2) is 8.64. The number of hydrogen-bond acceptors (Lipinski definition) is 4. The molecule has 0 saturated carbocycles. The fourth-order valence-corrected chi connectivity index (χ4v) is 3.64. The molecule has 1 saturated heterocycles. The van der Waals surface area contributed by atoms with Gasteiger partial charge < -0.3 is 14.5 Å². The molecule has 0 radical (unpaired) electrons.